The molecule has 0 bridgehead atoms. The van der Waals surface area contributed by atoms with E-state index in [0.29, 0.717) is 25.7 Å². The molecule has 6 nitrogen and oxygen atoms in total. The molecule has 1 aliphatic heterocycles. The molecule has 0 spiro atoms. The fourth-order valence-corrected chi connectivity index (χ4v) is 2.69. The molecule has 2 rings (SSSR count). The Bertz CT molecular complexity index is 563. The Kier molecular flexibility index (Phi) is 9.20. The lowest BCUT2D eigenvalue weighted by atomic mass is 10.2. The van der Waals surface area contributed by atoms with E-state index in [2.05, 4.69) is 15.6 Å². The van der Waals surface area contributed by atoms with Gasteiger partial charge >= 0.3 is 0 Å². The Labute approximate surface area is 155 Å². The normalized spacial score (nSPS) is 17.3. The van der Waals surface area contributed by atoms with Gasteiger partial charge < -0.3 is 24.8 Å². The van der Waals surface area contributed by atoms with E-state index in [1.165, 1.54) is 13.2 Å². The van der Waals surface area contributed by atoms with E-state index in [-0.39, 0.29) is 17.7 Å². The zero-order chi connectivity index (χ0) is 18.6. The molecule has 0 aliphatic carbocycles. The Balaban J connectivity index is 1.69. The van der Waals surface area contributed by atoms with E-state index in [9.17, 15) is 4.39 Å². The molecule has 1 aromatic rings. The minimum atomic E-state index is -0.374. The number of hydrogen-bond donors (Lipinski definition) is 2. The first-order valence-corrected chi connectivity index (χ1v) is 9.27. The Hall–Kier alpha value is -1.86. The molecule has 146 valence electrons. The molecule has 1 aliphatic rings. The molecular formula is C19H30FN3O3. The molecular weight excluding hydrogens is 337 g/mol. The number of rotatable bonds is 10. The third kappa shape index (κ3) is 7.17. The van der Waals surface area contributed by atoms with Gasteiger partial charge in [0.2, 0.25) is 0 Å². The number of nitrogens with zero attached hydrogens (tertiary/aromatic N) is 1. The summed E-state index contributed by atoms with van der Waals surface area (Å²) in [5, 5.41) is 6.45. The third-order valence-electron chi connectivity index (χ3n) is 4.07. The van der Waals surface area contributed by atoms with Gasteiger partial charge in [-0.25, -0.2) is 9.38 Å². The van der Waals surface area contributed by atoms with Gasteiger partial charge in [0.1, 0.15) is 0 Å². The monoisotopic (exact) mass is 367 g/mol. The number of nitrogens with one attached hydrogen (secondary N) is 2. The number of benzene rings is 1. The fourth-order valence-electron chi connectivity index (χ4n) is 2.69. The van der Waals surface area contributed by atoms with Gasteiger partial charge in [-0.15, -0.1) is 0 Å². The van der Waals surface area contributed by atoms with Crippen LogP contribution in [-0.2, 0) is 16.0 Å². The fraction of sp³-hybridized carbons (Fsp3) is 0.632. The van der Waals surface area contributed by atoms with Crippen molar-refractivity contribution in [2.24, 2.45) is 4.99 Å². The maximum absolute atomic E-state index is 13.7. The van der Waals surface area contributed by atoms with E-state index in [1.54, 1.807) is 6.07 Å². The van der Waals surface area contributed by atoms with E-state index < -0.39 is 0 Å². The van der Waals surface area contributed by atoms with Gasteiger partial charge in [-0.05, 0) is 43.9 Å². The summed E-state index contributed by atoms with van der Waals surface area (Å²) in [6.45, 7) is 6.15. The predicted molar refractivity (Wildman–Crippen MR) is 100 cm³/mol. The van der Waals surface area contributed by atoms with Crippen LogP contribution in [-0.4, -0.2) is 52.1 Å². The summed E-state index contributed by atoms with van der Waals surface area (Å²) in [6, 6.07) is 4.88. The Morgan fingerprint density at radius 2 is 2.27 bits per heavy atom. The lowest BCUT2D eigenvalue weighted by Crippen LogP contribution is -2.38. The number of hydrogen-bond acceptors (Lipinski definition) is 4. The van der Waals surface area contributed by atoms with Gasteiger partial charge in [0.05, 0.1) is 26.4 Å². The highest BCUT2D eigenvalue weighted by molar-refractivity contribution is 5.79. The van der Waals surface area contributed by atoms with Crippen LogP contribution in [0.2, 0.25) is 0 Å². The van der Waals surface area contributed by atoms with Gasteiger partial charge in [-0.3, -0.25) is 0 Å². The second-order valence-electron chi connectivity index (χ2n) is 6.15. The van der Waals surface area contributed by atoms with Gasteiger partial charge in [0.25, 0.3) is 0 Å². The second kappa shape index (κ2) is 11.7. The molecule has 26 heavy (non-hydrogen) atoms. The second-order valence-corrected chi connectivity index (χ2v) is 6.15. The maximum Gasteiger partial charge on any atom is 0.191 e. The quantitative estimate of drug-likeness (QED) is 0.378. The molecule has 1 aromatic carbocycles. The summed E-state index contributed by atoms with van der Waals surface area (Å²) >= 11 is 0. The largest absolute Gasteiger partial charge is 0.494 e. The van der Waals surface area contributed by atoms with Crippen molar-refractivity contribution >= 4 is 5.96 Å². The van der Waals surface area contributed by atoms with Gasteiger partial charge in [-0.2, -0.15) is 0 Å². The van der Waals surface area contributed by atoms with Gasteiger partial charge in [0.15, 0.2) is 17.5 Å². The van der Waals surface area contributed by atoms with E-state index in [0.717, 1.165) is 44.5 Å². The average molecular weight is 367 g/mol. The minimum Gasteiger partial charge on any atom is -0.494 e. The average Bonchev–Trinajstić information content (AvgIpc) is 3.16. The number of halogens is 1. The molecule has 2 N–H and O–H groups in total. The molecule has 0 radical (unpaired) electrons. The first kappa shape index (κ1) is 20.5. The van der Waals surface area contributed by atoms with Crippen molar-refractivity contribution in [2.75, 3.05) is 40.0 Å². The van der Waals surface area contributed by atoms with Crippen molar-refractivity contribution in [3.63, 3.8) is 0 Å². The molecule has 0 saturated carbocycles. The maximum atomic E-state index is 13.7. The summed E-state index contributed by atoms with van der Waals surface area (Å²) in [4.78, 5) is 4.49. The number of guanidine groups is 1. The topological polar surface area (TPSA) is 64.1 Å². The first-order chi connectivity index (χ1) is 12.7. The molecule has 7 heteroatoms. The van der Waals surface area contributed by atoms with Crippen LogP contribution >= 0.6 is 0 Å². The van der Waals surface area contributed by atoms with Crippen LogP contribution in [0.5, 0.6) is 5.75 Å². The Morgan fingerprint density at radius 3 is 2.96 bits per heavy atom. The molecule has 0 aromatic heterocycles. The highest BCUT2D eigenvalue weighted by Gasteiger charge is 2.14. The van der Waals surface area contributed by atoms with Gasteiger partial charge in [-0.1, -0.05) is 6.07 Å². The van der Waals surface area contributed by atoms with E-state index in [1.807, 2.05) is 13.0 Å². The van der Waals surface area contributed by atoms with Crippen LogP contribution in [0.1, 0.15) is 31.7 Å². The number of aliphatic imine (C=N–C) groups is 1. The minimum absolute atomic E-state index is 0.241. The zero-order valence-electron chi connectivity index (χ0n) is 15.7. The molecule has 0 amide bonds. The highest BCUT2D eigenvalue weighted by Crippen LogP contribution is 2.18. The van der Waals surface area contributed by atoms with E-state index in [4.69, 9.17) is 14.2 Å². The molecule has 1 heterocycles. The van der Waals surface area contributed by atoms with Crippen LogP contribution in [0.15, 0.2) is 23.2 Å². The summed E-state index contributed by atoms with van der Waals surface area (Å²) in [5.74, 6) is 0.579. The van der Waals surface area contributed by atoms with Crippen molar-refractivity contribution in [1.82, 2.24) is 10.6 Å². The number of ether oxygens (including phenoxy) is 3. The van der Waals surface area contributed by atoms with Crippen molar-refractivity contribution < 1.29 is 18.6 Å². The zero-order valence-corrected chi connectivity index (χ0v) is 15.7. The van der Waals surface area contributed by atoms with Crippen molar-refractivity contribution in [1.29, 1.82) is 0 Å². The van der Waals surface area contributed by atoms with E-state index >= 15 is 0 Å². The van der Waals surface area contributed by atoms with Crippen LogP contribution in [0.3, 0.4) is 0 Å². The predicted octanol–water partition coefficient (Wildman–Crippen LogP) is 2.48. The Morgan fingerprint density at radius 1 is 1.38 bits per heavy atom. The van der Waals surface area contributed by atoms with Crippen molar-refractivity contribution in [3.05, 3.63) is 29.6 Å². The van der Waals surface area contributed by atoms with Crippen LogP contribution in [0.4, 0.5) is 4.39 Å². The SMILES string of the molecule is CCNC(=NCc1ccc(OC)c(F)c1)NCCCOCC1CCCO1. The standard InChI is InChI=1S/C19H30FN3O3/c1-3-21-19(22-9-5-10-25-14-16-6-4-11-26-16)23-13-15-7-8-18(24-2)17(20)12-15/h7-8,12,16H,3-6,9-11,13-14H2,1-2H3,(H2,21,22,23). The van der Waals surface area contributed by atoms with Crippen molar-refractivity contribution in [3.8, 4) is 5.75 Å². The lowest BCUT2D eigenvalue weighted by Gasteiger charge is -2.13. The summed E-state index contributed by atoms with van der Waals surface area (Å²) < 4.78 is 29.8. The van der Waals surface area contributed by atoms with Crippen LogP contribution < -0.4 is 15.4 Å². The molecule has 1 unspecified atom stereocenters. The lowest BCUT2D eigenvalue weighted by molar-refractivity contribution is 0.0168. The summed E-state index contributed by atoms with van der Waals surface area (Å²) in [5.41, 5.74) is 0.792. The smallest absolute Gasteiger partial charge is 0.191 e. The number of methoxy groups -OCH3 is 1. The van der Waals surface area contributed by atoms with Crippen molar-refractivity contribution in [2.45, 2.75) is 38.8 Å². The van der Waals surface area contributed by atoms with Gasteiger partial charge in [0, 0.05) is 26.3 Å². The van der Waals surface area contributed by atoms with Crippen LogP contribution in [0.25, 0.3) is 0 Å². The highest BCUT2D eigenvalue weighted by atomic mass is 19.1. The summed E-state index contributed by atoms with van der Waals surface area (Å²) in [7, 11) is 1.45. The summed E-state index contributed by atoms with van der Waals surface area (Å²) in [6.07, 6.45) is 3.39. The first-order valence-electron chi connectivity index (χ1n) is 9.27. The molecule has 1 saturated heterocycles. The third-order valence-corrected chi connectivity index (χ3v) is 4.07. The van der Waals surface area contributed by atoms with Crippen LogP contribution in [0, 0.1) is 5.82 Å². The molecule has 1 atom stereocenters. The molecule has 1 fully saturated rings.